The fourth-order valence-electron chi connectivity index (χ4n) is 3.76. The third-order valence-electron chi connectivity index (χ3n) is 5.53. The zero-order valence-corrected chi connectivity index (χ0v) is 18.9. The number of halogens is 4. The maximum Gasteiger partial charge on any atom is 0.511 e. The van der Waals surface area contributed by atoms with Gasteiger partial charge in [0, 0.05) is 53.9 Å². The minimum atomic E-state index is -5.34. The molecule has 13 heteroatoms. The summed E-state index contributed by atoms with van der Waals surface area (Å²) < 4.78 is 63.1. The number of rotatable bonds is 4. The first-order valence-electron chi connectivity index (χ1n) is 9.93. The average molecular weight is 502 g/mol. The molecule has 0 amide bonds. The Kier molecular flexibility index (Phi) is 6.10. The van der Waals surface area contributed by atoms with Crippen LogP contribution >= 0.6 is 11.6 Å². The molecule has 1 aliphatic heterocycles. The van der Waals surface area contributed by atoms with Crippen molar-refractivity contribution in [1.82, 2.24) is 18.8 Å². The zero-order valence-electron chi connectivity index (χ0n) is 17.3. The van der Waals surface area contributed by atoms with Crippen LogP contribution < -0.4 is 10.9 Å². The number of nitrogens with zero attached hydrogens (tertiary/aromatic N) is 4. The van der Waals surface area contributed by atoms with Crippen LogP contribution in [0.15, 0.2) is 41.3 Å². The molecule has 4 rings (SSSR count). The van der Waals surface area contributed by atoms with Crippen molar-refractivity contribution in [2.45, 2.75) is 24.4 Å². The number of hydrogen-bond acceptors (Lipinski definition) is 6. The molecule has 1 fully saturated rings. The number of nitrogens with one attached hydrogen (secondary N) is 1. The van der Waals surface area contributed by atoms with Gasteiger partial charge in [-0.2, -0.15) is 22.5 Å². The number of sulfonamides is 1. The number of benzene rings is 1. The Hall–Kier alpha value is -2.70. The van der Waals surface area contributed by atoms with Crippen molar-refractivity contribution in [2.75, 3.05) is 18.4 Å². The van der Waals surface area contributed by atoms with Crippen molar-refractivity contribution in [3.63, 3.8) is 0 Å². The molecule has 3 aromatic rings. The van der Waals surface area contributed by atoms with Crippen LogP contribution in [-0.4, -0.2) is 51.9 Å². The summed E-state index contributed by atoms with van der Waals surface area (Å²) in [4.78, 5) is 21.6. The van der Waals surface area contributed by atoms with Gasteiger partial charge in [0.2, 0.25) is 5.95 Å². The van der Waals surface area contributed by atoms with E-state index in [2.05, 4.69) is 15.3 Å². The molecular weight excluding hydrogens is 483 g/mol. The third kappa shape index (κ3) is 4.42. The van der Waals surface area contributed by atoms with Gasteiger partial charge in [0.05, 0.1) is 0 Å². The molecule has 1 saturated heterocycles. The summed E-state index contributed by atoms with van der Waals surface area (Å²) in [7, 11) is -3.77. The maximum absolute atomic E-state index is 12.9. The van der Waals surface area contributed by atoms with E-state index in [9.17, 15) is 26.4 Å². The Labute approximate surface area is 192 Å². The number of anilines is 1. The topological polar surface area (TPSA) is 97.2 Å². The number of aryl methyl sites for hydroxylation is 1. The van der Waals surface area contributed by atoms with Gasteiger partial charge in [-0.15, -0.1) is 0 Å². The fraction of sp³-hybridized carbons (Fsp3) is 0.350. The second-order valence-electron chi connectivity index (χ2n) is 7.64. The van der Waals surface area contributed by atoms with Gasteiger partial charge in [0.1, 0.15) is 5.65 Å². The third-order valence-corrected chi connectivity index (χ3v) is 7.49. The summed E-state index contributed by atoms with van der Waals surface area (Å²) in [6.07, 6.45) is 1.84. The normalized spacial score (nSPS) is 16.3. The smallest absolute Gasteiger partial charge is 0.351 e. The first-order valence-corrected chi connectivity index (χ1v) is 11.8. The number of piperidine rings is 1. The second kappa shape index (κ2) is 8.58. The van der Waals surface area contributed by atoms with Crippen molar-refractivity contribution in [3.8, 4) is 11.1 Å². The lowest BCUT2D eigenvalue weighted by molar-refractivity contribution is -0.0494. The van der Waals surface area contributed by atoms with Gasteiger partial charge in [-0.05, 0) is 25.0 Å². The minimum absolute atomic E-state index is 0.154. The summed E-state index contributed by atoms with van der Waals surface area (Å²) in [5, 5.41) is 4.06. The predicted molar refractivity (Wildman–Crippen MR) is 118 cm³/mol. The Morgan fingerprint density at radius 2 is 1.82 bits per heavy atom. The molecule has 0 aliphatic carbocycles. The molecule has 33 heavy (non-hydrogen) atoms. The molecule has 1 aromatic carbocycles. The van der Waals surface area contributed by atoms with E-state index in [1.54, 1.807) is 37.4 Å². The standard InChI is InChI=1S/C20H19ClF3N5O3S/c1-28-17-12(10-15(18(28)30)14-4-2-3-5-16(14)21)11-25-19(27-17)26-13-6-8-29(9-7-13)33(31,32)20(22,23)24/h2-5,10-11,13H,6-9H2,1H3,(H,25,26,27). The largest absolute Gasteiger partial charge is 0.511 e. The molecule has 8 nitrogen and oxygen atoms in total. The molecule has 3 heterocycles. The van der Waals surface area contributed by atoms with E-state index in [0.29, 0.717) is 31.5 Å². The number of aromatic nitrogens is 3. The van der Waals surface area contributed by atoms with E-state index in [4.69, 9.17) is 11.6 Å². The van der Waals surface area contributed by atoms with Crippen LogP contribution in [0.4, 0.5) is 19.1 Å². The summed E-state index contributed by atoms with van der Waals surface area (Å²) in [5.41, 5.74) is -4.26. The Morgan fingerprint density at radius 3 is 2.45 bits per heavy atom. The Morgan fingerprint density at radius 1 is 1.15 bits per heavy atom. The molecule has 176 valence electrons. The van der Waals surface area contributed by atoms with E-state index in [-0.39, 0.29) is 43.5 Å². The van der Waals surface area contributed by atoms with Gasteiger partial charge < -0.3 is 5.32 Å². The van der Waals surface area contributed by atoms with E-state index in [1.165, 1.54) is 10.8 Å². The quantitative estimate of drug-likeness (QED) is 0.588. The molecule has 0 unspecified atom stereocenters. The average Bonchev–Trinajstić information content (AvgIpc) is 2.77. The van der Waals surface area contributed by atoms with Gasteiger partial charge in [0.25, 0.3) is 5.56 Å². The predicted octanol–water partition coefficient (Wildman–Crippen LogP) is 3.37. The molecule has 0 spiro atoms. The monoisotopic (exact) mass is 501 g/mol. The van der Waals surface area contributed by atoms with Crippen LogP contribution in [0.5, 0.6) is 0 Å². The molecule has 1 aliphatic rings. The Bertz CT molecular complexity index is 1370. The molecule has 2 aromatic heterocycles. The molecule has 1 N–H and O–H groups in total. The van der Waals surface area contributed by atoms with Crippen LogP contribution in [0.25, 0.3) is 22.2 Å². The van der Waals surface area contributed by atoms with Gasteiger partial charge in [0.15, 0.2) is 0 Å². The maximum atomic E-state index is 12.9. The van der Waals surface area contributed by atoms with E-state index < -0.39 is 15.5 Å². The van der Waals surface area contributed by atoms with Crippen molar-refractivity contribution in [2.24, 2.45) is 7.05 Å². The first-order chi connectivity index (χ1) is 15.5. The summed E-state index contributed by atoms with van der Waals surface area (Å²) in [6, 6.07) is 8.31. The second-order valence-corrected chi connectivity index (χ2v) is 9.98. The lowest BCUT2D eigenvalue weighted by Crippen LogP contribution is -2.47. The van der Waals surface area contributed by atoms with Crippen LogP contribution in [0.3, 0.4) is 0 Å². The highest BCUT2D eigenvalue weighted by molar-refractivity contribution is 7.90. The van der Waals surface area contributed by atoms with Crippen molar-refractivity contribution in [3.05, 3.63) is 51.9 Å². The lowest BCUT2D eigenvalue weighted by Gasteiger charge is -2.31. The van der Waals surface area contributed by atoms with Crippen LogP contribution in [0, 0.1) is 0 Å². The highest BCUT2D eigenvalue weighted by Crippen LogP contribution is 2.30. The van der Waals surface area contributed by atoms with Crippen molar-refractivity contribution < 1.29 is 21.6 Å². The highest BCUT2D eigenvalue weighted by atomic mass is 35.5. The van der Waals surface area contributed by atoms with E-state index >= 15 is 0 Å². The van der Waals surface area contributed by atoms with E-state index in [0.717, 1.165) is 0 Å². The minimum Gasteiger partial charge on any atom is -0.351 e. The molecule has 0 saturated carbocycles. The summed E-state index contributed by atoms with van der Waals surface area (Å²) >= 11 is 6.24. The first kappa shape index (κ1) is 23.5. The Balaban J connectivity index is 1.55. The molecular formula is C20H19ClF3N5O3S. The zero-order chi connectivity index (χ0) is 24.0. The van der Waals surface area contributed by atoms with Gasteiger partial charge in [-0.3, -0.25) is 9.36 Å². The van der Waals surface area contributed by atoms with Gasteiger partial charge in [-0.25, -0.2) is 13.4 Å². The number of fused-ring (bicyclic) bond motifs is 1. The molecule has 0 radical (unpaired) electrons. The summed E-state index contributed by atoms with van der Waals surface area (Å²) in [5.74, 6) is 0.195. The fourth-order valence-corrected chi connectivity index (χ4v) is 4.98. The molecule has 0 bridgehead atoms. The number of pyridine rings is 1. The van der Waals surface area contributed by atoms with Gasteiger partial charge >= 0.3 is 15.5 Å². The number of hydrogen-bond donors (Lipinski definition) is 1. The van der Waals surface area contributed by atoms with E-state index in [1.807, 2.05) is 0 Å². The van der Waals surface area contributed by atoms with Crippen molar-refractivity contribution in [1.29, 1.82) is 0 Å². The summed E-state index contributed by atoms with van der Waals surface area (Å²) in [6.45, 7) is -0.542. The SMILES string of the molecule is Cn1c(=O)c(-c2ccccc2Cl)cc2cnc(NC3CCN(S(=O)(=O)C(F)(F)F)CC3)nc21. The van der Waals surface area contributed by atoms with Crippen LogP contribution in [0.1, 0.15) is 12.8 Å². The number of alkyl halides is 3. The highest BCUT2D eigenvalue weighted by Gasteiger charge is 2.50. The molecule has 0 atom stereocenters. The van der Waals surface area contributed by atoms with Gasteiger partial charge in [-0.1, -0.05) is 29.8 Å². The van der Waals surface area contributed by atoms with Crippen LogP contribution in [0.2, 0.25) is 5.02 Å². The lowest BCUT2D eigenvalue weighted by atomic mass is 10.1. The van der Waals surface area contributed by atoms with Crippen molar-refractivity contribution >= 4 is 38.6 Å². The van der Waals surface area contributed by atoms with Crippen LogP contribution in [-0.2, 0) is 17.1 Å².